The summed E-state index contributed by atoms with van der Waals surface area (Å²) in [7, 11) is 0. The van der Waals surface area contributed by atoms with Gasteiger partial charge in [-0.05, 0) is 42.5 Å². The SMILES string of the molecule is CC1(C)CC(C#N)(Sc2ccc(Br)cc2)C1. The van der Waals surface area contributed by atoms with Gasteiger partial charge in [-0.2, -0.15) is 5.26 Å². The van der Waals surface area contributed by atoms with Crippen LogP contribution in [0.15, 0.2) is 33.6 Å². The van der Waals surface area contributed by atoms with Crippen molar-refractivity contribution in [1.29, 1.82) is 5.26 Å². The Labute approximate surface area is 109 Å². The normalized spacial score (nSPS) is 20.9. The van der Waals surface area contributed by atoms with E-state index >= 15 is 0 Å². The average Bonchev–Trinajstić information content (AvgIpc) is 2.18. The fourth-order valence-corrected chi connectivity index (χ4v) is 4.36. The molecule has 16 heavy (non-hydrogen) atoms. The Morgan fingerprint density at radius 1 is 1.25 bits per heavy atom. The molecule has 0 atom stereocenters. The molecule has 3 heteroatoms. The second kappa shape index (κ2) is 4.09. The first-order valence-corrected chi connectivity index (χ1v) is 6.92. The van der Waals surface area contributed by atoms with E-state index in [1.165, 1.54) is 4.90 Å². The second-order valence-electron chi connectivity index (χ2n) is 5.18. The summed E-state index contributed by atoms with van der Waals surface area (Å²) in [5.74, 6) is 0. The van der Waals surface area contributed by atoms with Crippen LogP contribution in [0.2, 0.25) is 0 Å². The zero-order valence-corrected chi connectivity index (χ0v) is 11.9. The van der Waals surface area contributed by atoms with Gasteiger partial charge in [-0.1, -0.05) is 29.8 Å². The van der Waals surface area contributed by atoms with E-state index in [1.54, 1.807) is 11.8 Å². The highest BCUT2D eigenvalue weighted by Crippen LogP contribution is 2.56. The lowest BCUT2D eigenvalue weighted by Gasteiger charge is -2.48. The van der Waals surface area contributed by atoms with E-state index in [2.05, 4.69) is 48.0 Å². The molecule has 1 nitrogen and oxygen atoms in total. The standard InChI is InChI=1S/C13H14BrNS/c1-12(2)7-13(8-12,9-15)16-11-5-3-10(14)4-6-11/h3-6H,7-8H2,1-2H3. The van der Waals surface area contributed by atoms with Crippen molar-refractivity contribution < 1.29 is 0 Å². The summed E-state index contributed by atoms with van der Waals surface area (Å²) in [5, 5.41) is 9.30. The molecule has 0 unspecified atom stereocenters. The van der Waals surface area contributed by atoms with Crippen molar-refractivity contribution >= 4 is 27.7 Å². The monoisotopic (exact) mass is 295 g/mol. The third-order valence-electron chi connectivity index (χ3n) is 2.86. The van der Waals surface area contributed by atoms with Crippen molar-refractivity contribution in [2.24, 2.45) is 5.41 Å². The molecule has 0 heterocycles. The molecule has 84 valence electrons. The fraction of sp³-hybridized carbons (Fsp3) is 0.462. The van der Waals surface area contributed by atoms with Gasteiger partial charge in [0.15, 0.2) is 0 Å². The lowest BCUT2D eigenvalue weighted by Crippen LogP contribution is -2.45. The van der Waals surface area contributed by atoms with E-state index in [-0.39, 0.29) is 4.75 Å². The number of hydrogen-bond acceptors (Lipinski definition) is 2. The molecular weight excluding hydrogens is 282 g/mol. The van der Waals surface area contributed by atoms with Gasteiger partial charge < -0.3 is 0 Å². The average molecular weight is 296 g/mol. The summed E-state index contributed by atoms with van der Waals surface area (Å²) in [6.07, 6.45) is 1.97. The molecule has 0 saturated heterocycles. The quantitative estimate of drug-likeness (QED) is 0.795. The van der Waals surface area contributed by atoms with Crippen LogP contribution in [0, 0.1) is 16.7 Å². The number of halogens is 1. The lowest BCUT2D eigenvalue weighted by atomic mass is 9.64. The van der Waals surface area contributed by atoms with Gasteiger partial charge >= 0.3 is 0 Å². The molecule has 2 rings (SSSR count). The van der Waals surface area contributed by atoms with E-state index in [1.807, 2.05) is 12.1 Å². The van der Waals surface area contributed by atoms with Gasteiger partial charge in [0, 0.05) is 9.37 Å². The van der Waals surface area contributed by atoms with Crippen LogP contribution in [0.5, 0.6) is 0 Å². The molecule has 1 aliphatic rings. The van der Waals surface area contributed by atoms with Crippen molar-refractivity contribution in [3.63, 3.8) is 0 Å². The van der Waals surface area contributed by atoms with Crippen LogP contribution in [-0.4, -0.2) is 4.75 Å². The molecule has 0 aliphatic heterocycles. The highest BCUT2D eigenvalue weighted by Gasteiger charge is 2.50. The topological polar surface area (TPSA) is 23.8 Å². The van der Waals surface area contributed by atoms with Crippen LogP contribution < -0.4 is 0 Å². The van der Waals surface area contributed by atoms with Crippen molar-refractivity contribution in [3.05, 3.63) is 28.7 Å². The predicted octanol–water partition coefficient (Wildman–Crippen LogP) is 4.62. The summed E-state index contributed by atoms with van der Waals surface area (Å²) in [6.45, 7) is 4.45. The molecule has 0 aromatic heterocycles. The number of nitrogens with zero attached hydrogens (tertiary/aromatic N) is 1. The van der Waals surface area contributed by atoms with Gasteiger partial charge in [0.05, 0.1) is 6.07 Å². The molecule has 1 saturated carbocycles. The third kappa shape index (κ3) is 2.44. The van der Waals surface area contributed by atoms with Crippen LogP contribution in [-0.2, 0) is 0 Å². The van der Waals surface area contributed by atoms with Crippen LogP contribution in [0.25, 0.3) is 0 Å². The Kier molecular flexibility index (Phi) is 3.07. The first-order valence-electron chi connectivity index (χ1n) is 5.31. The van der Waals surface area contributed by atoms with Gasteiger partial charge in [-0.15, -0.1) is 11.8 Å². The molecule has 1 fully saturated rings. The Bertz CT molecular complexity index is 422. The number of thioether (sulfide) groups is 1. The van der Waals surface area contributed by atoms with Crippen LogP contribution in [0.4, 0.5) is 0 Å². The van der Waals surface area contributed by atoms with Crippen molar-refractivity contribution in [3.8, 4) is 6.07 Å². The minimum Gasteiger partial charge on any atom is -0.197 e. The van der Waals surface area contributed by atoms with E-state index in [4.69, 9.17) is 0 Å². The van der Waals surface area contributed by atoms with E-state index in [0.717, 1.165) is 17.3 Å². The van der Waals surface area contributed by atoms with Gasteiger partial charge in [-0.3, -0.25) is 0 Å². The fourth-order valence-electron chi connectivity index (χ4n) is 2.40. The van der Waals surface area contributed by atoms with E-state index in [0.29, 0.717) is 5.41 Å². The van der Waals surface area contributed by atoms with Crippen LogP contribution >= 0.6 is 27.7 Å². The maximum absolute atomic E-state index is 9.30. The first-order chi connectivity index (χ1) is 7.45. The lowest BCUT2D eigenvalue weighted by molar-refractivity contribution is 0.162. The number of nitriles is 1. The molecule has 0 amide bonds. The molecule has 0 bridgehead atoms. The molecular formula is C13H14BrNS. The maximum Gasteiger partial charge on any atom is 0.108 e. The second-order valence-corrected chi connectivity index (χ2v) is 7.55. The smallest absolute Gasteiger partial charge is 0.108 e. The summed E-state index contributed by atoms with van der Waals surface area (Å²) < 4.78 is 0.883. The van der Waals surface area contributed by atoms with E-state index < -0.39 is 0 Å². The summed E-state index contributed by atoms with van der Waals surface area (Å²) in [5.41, 5.74) is 0.331. The highest BCUT2D eigenvalue weighted by atomic mass is 79.9. The van der Waals surface area contributed by atoms with Crippen molar-refractivity contribution in [1.82, 2.24) is 0 Å². The zero-order valence-electron chi connectivity index (χ0n) is 9.46. The van der Waals surface area contributed by atoms with Gasteiger partial charge in [0.25, 0.3) is 0 Å². The van der Waals surface area contributed by atoms with Crippen LogP contribution in [0.1, 0.15) is 26.7 Å². The zero-order chi connectivity index (χ0) is 11.8. The molecule has 1 aromatic carbocycles. The van der Waals surface area contributed by atoms with Crippen molar-refractivity contribution in [2.45, 2.75) is 36.3 Å². The minimum atomic E-state index is -0.197. The largest absolute Gasteiger partial charge is 0.197 e. The number of hydrogen-bond donors (Lipinski definition) is 0. The number of benzene rings is 1. The van der Waals surface area contributed by atoms with Gasteiger partial charge in [-0.25, -0.2) is 0 Å². The first kappa shape index (κ1) is 12.0. The van der Waals surface area contributed by atoms with Crippen LogP contribution in [0.3, 0.4) is 0 Å². The van der Waals surface area contributed by atoms with Gasteiger partial charge in [0.1, 0.15) is 4.75 Å². The molecule has 1 aliphatic carbocycles. The molecule has 1 aromatic rings. The maximum atomic E-state index is 9.30. The third-order valence-corrected chi connectivity index (χ3v) is 4.67. The van der Waals surface area contributed by atoms with Crippen molar-refractivity contribution in [2.75, 3.05) is 0 Å². The predicted molar refractivity (Wildman–Crippen MR) is 71.4 cm³/mol. The Hall–Kier alpha value is -0.460. The minimum absolute atomic E-state index is 0.197. The van der Waals surface area contributed by atoms with Gasteiger partial charge in [0.2, 0.25) is 0 Å². The van der Waals surface area contributed by atoms with E-state index in [9.17, 15) is 5.26 Å². The Morgan fingerprint density at radius 2 is 1.81 bits per heavy atom. The summed E-state index contributed by atoms with van der Waals surface area (Å²) in [4.78, 5) is 1.18. The molecule has 0 spiro atoms. The highest BCUT2D eigenvalue weighted by molar-refractivity contribution is 9.10. The summed E-state index contributed by atoms with van der Waals surface area (Å²) >= 11 is 5.12. The Morgan fingerprint density at radius 3 is 2.25 bits per heavy atom. The molecule has 0 N–H and O–H groups in total. The molecule has 0 radical (unpaired) electrons. The Balaban J connectivity index is 2.10. The summed E-state index contributed by atoms with van der Waals surface area (Å²) in [6, 6.07) is 10.7. The number of rotatable bonds is 2.